The number of aromatic nitrogens is 2. The number of carbonyl (C=O) groups excluding carboxylic acids is 2. The Balaban J connectivity index is 1.78. The molecule has 1 aromatic carbocycles. The first-order valence-electron chi connectivity index (χ1n) is 8.24. The maximum atomic E-state index is 12.6. The molecule has 0 bridgehead atoms. The zero-order valence-electron chi connectivity index (χ0n) is 15.0. The molecule has 28 heavy (non-hydrogen) atoms. The van der Waals surface area contributed by atoms with Gasteiger partial charge >= 0.3 is 5.97 Å². The third-order valence-electron chi connectivity index (χ3n) is 4.19. The van der Waals surface area contributed by atoms with Gasteiger partial charge in [-0.1, -0.05) is 34.8 Å². The summed E-state index contributed by atoms with van der Waals surface area (Å²) in [6, 6.07) is 9.95. The molecule has 0 atom stereocenters. The lowest BCUT2D eigenvalue weighted by Gasteiger charge is -2.11. The van der Waals surface area contributed by atoms with E-state index in [0.29, 0.717) is 21.3 Å². The minimum Gasteiger partial charge on any atom is -0.454 e. The molecule has 5 nitrogen and oxygen atoms in total. The van der Waals surface area contributed by atoms with Crippen LogP contribution in [0.4, 0.5) is 0 Å². The molecular weight excluding hydrogens is 423 g/mol. The van der Waals surface area contributed by atoms with Crippen LogP contribution in [-0.2, 0) is 4.74 Å². The summed E-state index contributed by atoms with van der Waals surface area (Å²) in [5.74, 6) is -0.953. The molecule has 0 aliphatic rings. The molecule has 2 aromatic heterocycles. The molecule has 0 aliphatic carbocycles. The number of esters is 1. The van der Waals surface area contributed by atoms with Crippen molar-refractivity contribution in [2.75, 3.05) is 6.61 Å². The van der Waals surface area contributed by atoms with Gasteiger partial charge in [0.05, 0.1) is 15.6 Å². The molecule has 0 radical (unpaired) electrons. The summed E-state index contributed by atoms with van der Waals surface area (Å²) in [6.45, 7) is 3.30. The first-order chi connectivity index (χ1) is 13.3. The molecule has 0 aliphatic heterocycles. The first kappa shape index (κ1) is 20.4. The van der Waals surface area contributed by atoms with E-state index in [4.69, 9.17) is 39.5 Å². The van der Waals surface area contributed by atoms with Gasteiger partial charge in [-0.2, -0.15) is 0 Å². The highest BCUT2D eigenvalue weighted by Gasteiger charge is 2.19. The number of hydrogen-bond donors (Lipinski definition) is 0. The summed E-state index contributed by atoms with van der Waals surface area (Å²) in [5, 5.41) is 1.14. The molecule has 0 amide bonds. The third kappa shape index (κ3) is 4.22. The van der Waals surface area contributed by atoms with E-state index < -0.39 is 5.97 Å². The van der Waals surface area contributed by atoms with Crippen LogP contribution in [0.2, 0.25) is 15.2 Å². The van der Waals surface area contributed by atoms with Crippen LogP contribution in [0, 0.1) is 13.8 Å². The Hall–Kier alpha value is -2.34. The lowest BCUT2D eigenvalue weighted by atomic mass is 10.1. The fraction of sp³-hybridized carbons (Fsp3) is 0.150. The Morgan fingerprint density at radius 2 is 1.79 bits per heavy atom. The van der Waals surface area contributed by atoms with Crippen molar-refractivity contribution in [1.29, 1.82) is 0 Å². The topological polar surface area (TPSA) is 61.2 Å². The van der Waals surface area contributed by atoms with E-state index in [9.17, 15) is 9.59 Å². The van der Waals surface area contributed by atoms with Crippen LogP contribution >= 0.6 is 34.8 Å². The summed E-state index contributed by atoms with van der Waals surface area (Å²) in [6.07, 6.45) is 1.30. The number of ketones is 1. The second-order valence-electron chi connectivity index (χ2n) is 6.09. The van der Waals surface area contributed by atoms with E-state index in [1.54, 1.807) is 18.2 Å². The van der Waals surface area contributed by atoms with Gasteiger partial charge in [-0.25, -0.2) is 9.78 Å². The number of halogens is 3. The van der Waals surface area contributed by atoms with Crippen LogP contribution in [0.5, 0.6) is 0 Å². The fourth-order valence-corrected chi connectivity index (χ4v) is 3.26. The zero-order valence-corrected chi connectivity index (χ0v) is 17.3. The maximum absolute atomic E-state index is 12.6. The van der Waals surface area contributed by atoms with Gasteiger partial charge in [0.1, 0.15) is 5.15 Å². The van der Waals surface area contributed by atoms with Crippen molar-refractivity contribution < 1.29 is 14.3 Å². The normalized spacial score (nSPS) is 10.8. The minimum absolute atomic E-state index is 0.221. The van der Waals surface area contributed by atoms with Crippen LogP contribution < -0.4 is 0 Å². The van der Waals surface area contributed by atoms with Crippen molar-refractivity contribution in [3.05, 3.63) is 80.3 Å². The van der Waals surface area contributed by atoms with Crippen molar-refractivity contribution in [2.24, 2.45) is 0 Å². The number of Topliss-reactive ketones (excluding diaryl/α,β-unsaturated/α-hetero) is 1. The van der Waals surface area contributed by atoms with Crippen LogP contribution in [0.3, 0.4) is 0 Å². The van der Waals surface area contributed by atoms with Crippen LogP contribution in [0.15, 0.2) is 42.6 Å². The van der Waals surface area contributed by atoms with Gasteiger partial charge in [-0.3, -0.25) is 4.79 Å². The van der Waals surface area contributed by atoms with Crippen LogP contribution in [0.1, 0.15) is 32.1 Å². The van der Waals surface area contributed by atoms with Gasteiger partial charge in [-0.15, -0.1) is 0 Å². The summed E-state index contributed by atoms with van der Waals surface area (Å²) >= 11 is 17.8. The maximum Gasteiger partial charge on any atom is 0.340 e. The van der Waals surface area contributed by atoms with Crippen molar-refractivity contribution in [1.82, 2.24) is 9.55 Å². The van der Waals surface area contributed by atoms with Gasteiger partial charge < -0.3 is 9.30 Å². The predicted molar refractivity (Wildman–Crippen MR) is 109 cm³/mol. The predicted octanol–water partition coefficient (Wildman–Crippen LogP) is 5.49. The van der Waals surface area contributed by atoms with E-state index in [0.717, 1.165) is 11.4 Å². The molecule has 0 unspecified atom stereocenters. The summed E-state index contributed by atoms with van der Waals surface area (Å²) in [4.78, 5) is 28.5. The lowest BCUT2D eigenvalue weighted by Crippen LogP contribution is -2.15. The highest BCUT2D eigenvalue weighted by Crippen LogP contribution is 2.27. The zero-order chi connectivity index (χ0) is 20.4. The largest absolute Gasteiger partial charge is 0.454 e. The van der Waals surface area contributed by atoms with Crippen molar-refractivity contribution in [2.45, 2.75) is 13.8 Å². The summed E-state index contributed by atoms with van der Waals surface area (Å²) in [5.41, 5.74) is 3.02. The Labute approximate surface area is 176 Å². The van der Waals surface area contributed by atoms with Gasteiger partial charge in [0, 0.05) is 28.8 Å². The van der Waals surface area contributed by atoms with Gasteiger partial charge in [0.15, 0.2) is 6.61 Å². The molecule has 3 aromatic rings. The quantitative estimate of drug-likeness (QED) is 0.301. The molecule has 144 valence electrons. The number of aryl methyl sites for hydroxylation is 1. The summed E-state index contributed by atoms with van der Waals surface area (Å²) in [7, 11) is 0. The highest BCUT2D eigenvalue weighted by molar-refractivity contribution is 6.42. The molecule has 0 N–H and O–H groups in total. The third-order valence-corrected chi connectivity index (χ3v) is 5.15. The Morgan fingerprint density at radius 1 is 1.04 bits per heavy atom. The highest BCUT2D eigenvalue weighted by atomic mass is 35.5. The smallest absolute Gasteiger partial charge is 0.340 e. The number of carbonyl (C=O) groups is 2. The molecule has 0 spiro atoms. The Morgan fingerprint density at radius 3 is 2.43 bits per heavy atom. The van der Waals surface area contributed by atoms with E-state index in [1.165, 1.54) is 18.3 Å². The van der Waals surface area contributed by atoms with Gasteiger partial charge in [0.2, 0.25) is 5.78 Å². The molecule has 0 saturated heterocycles. The minimum atomic E-state index is -0.643. The van der Waals surface area contributed by atoms with Crippen molar-refractivity contribution >= 4 is 46.6 Å². The van der Waals surface area contributed by atoms with Gasteiger partial charge in [0.25, 0.3) is 0 Å². The first-order valence-corrected chi connectivity index (χ1v) is 9.37. The van der Waals surface area contributed by atoms with E-state index in [2.05, 4.69) is 4.98 Å². The van der Waals surface area contributed by atoms with E-state index in [1.807, 2.05) is 24.5 Å². The molecular formula is C20H15Cl3N2O3. The molecule has 8 heteroatoms. The monoisotopic (exact) mass is 436 g/mol. The van der Waals surface area contributed by atoms with E-state index >= 15 is 0 Å². The number of nitrogens with zero attached hydrogens (tertiary/aromatic N) is 2. The number of hydrogen-bond acceptors (Lipinski definition) is 4. The Kier molecular flexibility index (Phi) is 6.08. The number of pyridine rings is 1. The number of benzene rings is 1. The summed E-state index contributed by atoms with van der Waals surface area (Å²) < 4.78 is 7.00. The SMILES string of the molecule is Cc1cc(C(=O)COC(=O)c2ccc(Cl)nc2)c(C)n1-c1ccc(Cl)c(Cl)c1. The van der Waals surface area contributed by atoms with Crippen molar-refractivity contribution in [3.8, 4) is 5.69 Å². The second-order valence-corrected chi connectivity index (χ2v) is 7.29. The number of rotatable bonds is 5. The van der Waals surface area contributed by atoms with Crippen LogP contribution in [-0.4, -0.2) is 27.9 Å². The second kappa shape index (κ2) is 8.35. The molecule has 3 rings (SSSR count). The molecule has 0 saturated carbocycles. The number of ether oxygens (including phenoxy) is 1. The van der Waals surface area contributed by atoms with Gasteiger partial charge in [-0.05, 0) is 50.2 Å². The van der Waals surface area contributed by atoms with E-state index in [-0.39, 0.29) is 23.1 Å². The van der Waals surface area contributed by atoms with Crippen LogP contribution in [0.25, 0.3) is 5.69 Å². The molecule has 0 fully saturated rings. The lowest BCUT2D eigenvalue weighted by molar-refractivity contribution is 0.0474. The Bertz CT molecular complexity index is 1060. The fourth-order valence-electron chi connectivity index (χ4n) is 2.86. The standard InChI is InChI=1S/C20H15Cl3N2O3/c1-11-7-15(12(2)25(11)14-4-5-16(21)17(22)8-14)18(26)10-28-20(27)13-3-6-19(23)24-9-13/h3-9H,10H2,1-2H3. The average Bonchev–Trinajstić information content (AvgIpc) is 2.97. The molecule has 2 heterocycles. The average molecular weight is 438 g/mol. The van der Waals surface area contributed by atoms with Crippen molar-refractivity contribution in [3.63, 3.8) is 0 Å².